The second-order valence-electron chi connectivity index (χ2n) is 9.10. The van der Waals surface area contributed by atoms with E-state index in [1.54, 1.807) is 60.5 Å². The minimum atomic E-state index is -0.799. The summed E-state index contributed by atoms with van der Waals surface area (Å²) in [6, 6.07) is 30.1. The Morgan fingerprint density at radius 2 is 1.64 bits per heavy atom. The molecule has 0 radical (unpaired) electrons. The highest BCUT2D eigenvalue weighted by Gasteiger charge is 2.27. The third-order valence-electron chi connectivity index (χ3n) is 6.14. The Morgan fingerprint density at radius 3 is 2.36 bits per heavy atom. The van der Waals surface area contributed by atoms with Crippen molar-refractivity contribution in [2.45, 2.75) is 12.6 Å². The first-order valence-corrected chi connectivity index (χ1v) is 13.4. The van der Waals surface area contributed by atoms with Crippen LogP contribution in [0.2, 0.25) is 5.02 Å². The van der Waals surface area contributed by atoms with E-state index < -0.39 is 6.04 Å². The van der Waals surface area contributed by atoms with Crippen LogP contribution in [0.1, 0.15) is 5.56 Å². The zero-order valence-electron chi connectivity index (χ0n) is 22.9. The number of amides is 1. The number of anilines is 1. The van der Waals surface area contributed by atoms with Crippen molar-refractivity contribution >= 4 is 29.0 Å². The lowest BCUT2D eigenvalue weighted by Gasteiger charge is -2.30. The van der Waals surface area contributed by atoms with Crippen molar-refractivity contribution in [3.8, 4) is 23.0 Å². The van der Waals surface area contributed by atoms with Gasteiger partial charge >= 0.3 is 0 Å². The number of carbonyl (C=O) groups is 1. The molecule has 4 N–H and O–H groups in total. The fourth-order valence-corrected chi connectivity index (χ4v) is 4.30. The molecule has 216 valence electrons. The molecule has 1 unspecified atom stereocenters. The van der Waals surface area contributed by atoms with Gasteiger partial charge in [-0.25, -0.2) is 0 Å². The fourth-order valence-electron chi connectivity index (χ4n) is 4.11. The summed E-state index contributed by atoms with van der Waals surface area (Å²) in [6.07, 6.45) is 0. The van der Waals surface area contributed by atoms with Gasteiger partial charge in [0.2, 0.25) is 5.91 Å². The van der Waals surface area contributed by atoms with Gasteiger partial charge in [0.25, 0.3) is 0 Å². The molecule has 10 nitrogen and oxygen atoms in total. The molecule has 42 heavy (non-hydrogen) atoms. The van der Waals surface area contributed by atoms with Gasteiger partial charge in [-0.2, -0.15) is 0 Å². The number of methoxy groups -OCH3 is 1. The third kappa shape index (κ3) is 8.79. The number of rotatable bonds is 13. The predicted molar refractivity (Wildman–Crippen MR) is 162 cm³/mol. The summed E-state index contributed by atoms with van der Waals surface area (Å²) in [4.78, 5) is 15.1. The molecule has 0 saturated heterocycles. The topological polar surface area (TPSA) is 135 Å². The van der Waals surface area contributed by atoms with Gasteiger partial charge in [-0.15, -0.1) is 5.11 Å². The summed E-state index contributed by atoms with van der Waals surface area (Å²) in [5.74, 6) is 7.24. The molecule has 4 aromatic carbocycles. The third-order valence-corrected chi connectivity index (χ3v) is 6.45. The maximum atomic E-state index is 13.3. The number of hydrogen-bond donors (Lipinski definition) is 3. The second kappa shape index (κ2) is 15.2. The molecular formula is C31H31ClN6O4. The standard InChI is InChI=1S/C31H31ClN6O4/c1-40-26-11-7-8-22(18-26)19-38(28(31(33)36-37-34)21-41-29-13-6-5-12-27(29)32)20-30(39)35-23-14-16-25(17-15-23)42-24-9-3-2-4-10-24/h2-18,28H,19-21H2,1H3,(H,35,39)(H3,33,34,36). The Kier molecular flexibility index (Phi) is 10.9. The molecule has 4 rings (SSSR count). The van der Waals surface area contributed by atoms with Crippen LogP contribution in [0.3, 0.4) is 0 Å². The number of carbonyl (C=O) groups excluding carboxylic acids is 1. The van der Waals surface area contributed by atoms with Crippen molar-refractivity contribution in [2.75, 3.05) is 25.6 Å². The first-order valence-electron chi connectivity index (χ1n) is 13.0. The highest BCUT2D eigenvalue weighted by atomic mass is 35.5. The monoisotopic (exact) mass is 586 g/mol. The van der Waals surface area contributed by atoms with Crippen LogP contribution in [0.25, 0.3) is 0 Å². The van der Waals surface area contributed by atoms with Crippen LogP contribution in [0.4, 0.5) is 5.69 Å². The molecule has 0 fully saturated rings. The number of amidine groups is 1. The van der Waals surface area contributed by atoms with Crippen LogP contribution in [0.5, 0.6) is 23.0 Å². The molecule has 4 aromatic rings. The molecule has 0 aliphatic heterocycles. The lowest BCUT2D eigenvalue weighted by Crippen LogP contribution is -2.47. The molecule has 0 spiro atoms. The minimum Gasteiger partial charge on any atom is -0.497 e. The van der Waals surface area contributed by atoms with Gasteiger partial charge in [0.05, 0.1) is 18.7 Å². The zero-order valence-corrected chi connectivity index (χ0v) is 23.7. The Hall–Kier alpha value is -4.93. The number of ether oxygens (including phenoxy) is 3. The van der Waals surface area contributed by atoms with E-state index >= 15 is 0 Å². The Labute approximate surface area is 249 Å². The highest BCUT2D eigenvalue weighted by molar-refractivity contribution is 6.32. The van der Waals surface area contributed by atoms with Gasteiger partial charge in [-0.1, -0.05) is 59.3 Å². The Morgan fingerprint density at radius 1 is 0.952 bits per heavy atom. The van der Waals surface area contributed by atoms with Crippen LogP contribution in [0.15, 0.2) is 113 Å². The fraction of sp³-hybridized carbons (Fsp3) is 0.161. The smallest absolute Gasteiger partial charge is 0.238 e. The quantitative estimate of drug-likeness (QED) is 0.0550. The number of nitrogens with one attached hydrogen (secondary N) is 2. The lowest BCUT2D eigenvalue weighted by molar-refractivity contribution is -0.117. The summed E-state index contributed by atoms with van der Waals surface area (Å²) < 4.78 is 17.2. The van der Waals surface area contributed by atoms with Gasteiger partial charge in [-0.3, -0.25) is 15.1 Å². The van der Waals surface area contributed by atoms with E-state index in [1.165, 1.54) is 0 Å². The van der Waals surface area contributed by atoms with E-state index in [0.717, 1.165) is 5.56 Å². The van der Waals surface area contributed by atoms with Crippen molar-refractivity contribution < 1.29 is 19.0 Å². The maximum absolute atomic E-state index is 13.3. The van der Waals surface area contributed by atoms with Crippen LogP contribution in [-0.4, -0.2) is 42.9 Å². The van der Waals surface area contributed by atoms with Crippen molar-refractivity contribution in [1.29, 1.82) is 5.41 Å². The largest absolute Gasteiger partial charge is 0.497 e. The molecule has 0 saturated carbocycles. The summed E-state index contributed by atoms with van der Waals surface area (Å²) in [5, 5.41) is 18.9. The van der Waals surface area contributed by atoms with Crippen LogP contribution in [0, 0.1) is 5.41 Å². The van der Waals surface area contributed by atoms with Crippen molar-refractivity contribution in [1.82, 2.24) is 4.90 Å². The van der Waals surface area contributed by atoms with Crippen LogP contribution < -0.4 is 25.4 Å². The molecule has 0 aliphatic carbocycles. The summed E-state index contributed by atoms with van der Waals surface area (Å²) in [6.45, 7) is 0.135. The van der Waals surface area contributed by atoms with E-state index in [-0.39, 0.29) is 31.4 Å². The van der Waals surface area contributed by atoms with Crippen LogP contribution in [-0.2, 0) is 11.3 Å². The molecule has 11 heteroatoms. The molecule has 0 heterocycles. The van der Waals surface area contributed by atoms with E-state index in [4.69, 9.17) is 37.1 Å². The van der Waals surface area contributed by atoms with Gasteiger partial charge < -0.3 is 25.4 Å². The minimum absolute atomic E-state index is 0.0373. The Balaban J connectivity index is 1.53. The van der Waals surface area contributed by atoms with Crippen molar-refractivity contribution in [2.24, 2.45) is 16.2 Å². The number of halogens is 1. The number of nitrogens with two attached hydrogens (primary N) is 1. The maximum Gasteiger partial charge on any atom is 0.238 e. The van der Waals surface area contributed by atoms with E-state index in [2.05, 4.69) is 15.7 Å². The first-order chi connectivity index (χ1) is 20.4. The van der Waals surface area contributed by atoms with Gasteiger partial charge in [0, 0.05) is 12.2 Å². The molecule has 1 amide bonds. The van der Waals surface area contributed by atoms with Crippen molar-refractivity contribution in [3.63, 3.8) is 0 Å². The average Bonchev–Trinajstić information content (AvgIpc) is 3.00. The van der Waals surface area contributed by atoms with Gasteiger partial charge in [-0.05, 0) is 66.2 Å². The molecule has 0 bridgehead atoms. The van der Waals surface area contributed by atoms with Gasteiger partial charge in [0.1, 0.15) is 35.6 Å². The number of nitrogens with zero attached hydrogens (tertiary/aromatic N) is 3. The van der Waals surface area contributed by atoms with E-state index in [0.29, 0.717) is 33.7 Å². The molecule has 0 aliphatic rings. The van der Waals surface area contributed by atoms with Gasteiger partial charge in [0.15, 0.2) is 5.84 Å². The van der Waals surface area contributed by atoms with E-state index in [1.807, 2.05) is 54.6 Å². The first kappa shape index (κ1) is 30.0. The summed E-state index contributed by atoms with van der Waals surface area (Å²) in [7, 11) is 1.58. The van der Waals surface area contributed by atoms with E-state index in [9.17, 15) is 4.79 Å². The Bertz CT molecular complexity index is 1500. The highest BCUT2D eigenvalue weighted by Crippen LogP contribution is 2.25. The lowest BCUT2D eigenvalue weighted by atomic mass is 10.1. The average molecular weight is 587 g/mol. The molecule has 0 aromatic heterocycles. The SMILES string of the molecule is COc1cccc(CN(CC(=O)Nc2ccc(Oc3ccccc3)cc2)C(COc2ccccc2Cl)C(=N)N=NN)c1. The summed E-state index contributed by atoms with van der Waals surface area (Å²) >= 11 is 6.28. The molecule has 1 atom stereocenters. The molecular weight excluding hydrogens is 556 g/mol. The number of hydrogen-bond acceptors (Lipinski definition) is 7. The zero-order chi connectivity index (χ0) is 29.7. The predicted octanol–water partition coefficient (Wildman–Crippen LogP) is 6.33. The van der Waals surface area contributed by atoms with Crippen LogP contribution >= 0.6 is 11.6 Å². The number of para-hydroxylation sites is 2. The van der Waals surface area contributed by atoms with Crippen molar-refractivity contribution in [3.05, 3.63) is 114 Å². The number of benzene rings is 4. The normalized spacial score (nSPS) is 11.7. The summed E-state index contributed by atoms with van der Waals surface area (Å²) in [5.41, 5.74) is 1.44. The second-order valence-corrected chi connectivity index (χ2v) is 9.51.